The van der Waals surface area contributed by atoms with Crippen LogP contribution in [0, 0.1) is 11.8 Å². The molecule has 2 atom stereocenters. The summed E-state index contributed by atoms with van der Waals surface area (Å²) in [5, 5.41) is 6.26. The Balaban J connectivity index is 1.87. The number of anilines is 1. The number of benzene rings is 1. The van der Waals surface area contributed by atoms with E-state index in [1.165, 1.54) is 0 Å². The number of nitrogens with one attached hydrogen (secondary N) is 2. The first kappa shape index (κ1) is 26.1. The third-order valence-electron chi connectivity index (χ3n) is 5.24. The molecule has 0 spiro atoms. The van der Waals surface area contributed by atoms with E-state index in [0.717, 1.165) is 17.9 Å². The molecule has 1 aliphatic rings. The van der Waals surface area contributed by atoms with Gasteiger partial charge in [-0.1, -0.05) is 24.0 Å². The molecule has 1 amide bonds. The molecule has 2 aromatic rings. The monoisotopic (exact) mass is 499 g/mol. The Hall–Kier alpha value is -2.51. The van der Waals surface area contributed by atoms with Crippen LogP contribution in [0.15, 0.2) is 18.2 Å². The van der Waals surface area contributed by atoms with E-state index in [1.807, 2.05) is 11.9 Å². The van der Waals surface area contributed by atoms with Gasteiger partial charge >= 0.3 is 12.3 Å². The second-order valence-electron chi connectivity index (χ2n) is 9.45. The van der Waals surface area contributed by atoms with Crippen LogP contribution in [0.3, 0.4) is 0 Å². The zero-order valence-corrected chi connectivity index (χ0v) is 20.4. The number of carbonyl (C=O) groups is 1. The van der Waals surface area contributed by atoms with Crippen LogP contribution in [-0.4, -0.2) is 61.7 Å². The van der Waals surface area contributed by atoms with Gasteiger partial charge in [0.05, 0.1) is 27.7 Å². The van der Waals surface area contributed by atoms with Gasteiger partial charge in [-0.25, -0.2) is 9.18 Å². The number of ether oxygens (including phenoxy) is 1. The van der Waals surface area contributed by atoms with Crippen molar-refractivity contribution in [2.24, 2.45) is 0 Å². The molecule has 0 bridgehead atoms. The van der Waals surface area contributed by atoms with Crippen molar-refractivity contribution in [3.8, 4) is 11.8 Å². The molecule has 2 N–H and O–H groups in total. The lowest BCUT2D eigenvalue weighted by Gasteiger charge is -2.33. The summed E-state index contributed by atoms with van der Waals surface area (Å²) in [4.78, 5) is 13.9. The minimum absolute atomic E-state index is 0.0722. The summed E-state index contributed by atoms with van der Waals surface area (Å²) in [6.45, 7) is 6.16. The third-order valence-corrected chi connectivity index (χ3v) is 6.43. The van der Waals surface area contributed by atoms with Gasteiger partial charge in [-0.15, -0.1) is 11.3 Å². The first-order valence-corrected chi connectivity index (χ1v) is 11.8. The minimum Gasteiger partial charge on any atom is -0.436 e. The van der Waals surface area contributed by atoms with E-state index in [0.29, 0.717) is 28.7 Å². The molecule has 3 rings (SSSR count). The Morgan fingerprint density at radius 2 is 2.03 bits per heavy atom. The molecule has 1 saturated heterocycles. The number of nitrogens with zero attached hydrogens (tertiary/aromatic N) is 1. The number of hydrogen-bond donors (Lipinski definition) is 2. The van der Waals surface area contributed by atoms with Crippen molar-refractivity contribution in [3.05, 3.63) is 28.6 Å². The highest BCUT2D eigenvalue weighted by Crippen LogP contribution is 2.39. The molecule has 10 heteroatoms. The van der Waals surface area contributed by atoms with Gasteiger partial charge in [-0.3, -0.25) is 0 Å². The molecule has 1 aromatic heterocycles. The number of fused-ring (bicyclic) bond motifs is 1. The summed E-state index contributed by atoms with van der Waals surface area (Å²) >= 11 is 1.13. The second-order valence-corrected chi connectivity index (χ2v) is 10.5. The maximum Gasteiger partial charge on any atom is 0.408 e. The molecule has 1 aromatic carbocycles. The van der Waals surface area contributed by atoms with Crippen molar-refractivity contribution in [3.63, 3.8) is 0 Å². The number of alkyl halides is 4. The molecule has 5 nitrogen and oxygen atoms in total. The van der Waals surface area contributed by atoms with Crippen LogP contribution in [0.25, 0.3) is 10.1 Å². The average Bonchev–Trinajstić information content (AvgIpc) is 3.03. The van der Waals surface area contributed by atoms with Crippen LogP contribution in [0.1, 0.15) is 37.6 Å². The molecule has 0 radical (unpaired) electrons. The van der Waals surface area contributed by atoms with Crippen molar-refractivity contribution >= 4 is 33.2 Å². The third kappa shape index (κ3) is 7.24. The molecule has 1 aliphatic heterocycles. The molecule has 0 aliphatic carbocycles. The number of thiophene rings is 1. The Bertz CT molecular complexity index is 1080. The quantitative estimate of drug-likeness (QED) is 0.441. The van der Waals surface area contributed by atoms with Crippen LogP contribution >= 0.6 is 11.3 Å². The molecule has 2 unspecified atom stereocenters. The molecule has 0 saturated carbocycles. The van der Waals surface area contributed by atoms with Gasteiger partial charge < -0.3 is 20.3 Å². The standard InChI is InChI=1S/C24H29F4N3O2S/c1-23(2,3)30-22(32)33-12-6-9-20-16(13-24(26,27)28)15-7-5-8-19(21(15)34-20)29-18-10-11-31(4)14-17(18)25/h5,7-8,17-18,29H,10-14H2,1-4H3,(H,30,32). The number of amides is 1. The lowest BCUT2D eigenvalue weighted by Crippen LogP contribution is -2.46. The minimum atomic E-state index is -4.42. The Labute approximate surface area is 200 Å². The highest BCUT2D eigenvalue weighted by atomic mass is 32.1. The van der Waals surface area contributed by atoms with Gasteiger partial charge in [0, 0.05) is 18.6 Å². The summed E-state index contributed by atoms with van der Waals surface area (Å²) in [6, 6.07) is 4.62. The number of halogens is 4. The highest BCUT2D eigenvalue weighted by Gasteiger charge is 2.32. The number of likely N-dealkylation sites (tertiary alicyclic amines) is 1. The molecular formula is C24H29F4N3O2S. The number of hydrogen-bond acceptors (Lipinski definition) is 5. The smallest absolute Gasteiger partial charge is 0.408 e. The summed E-state index contributed by atoms with van der Waals surface area (Å²) < 4.78 is 60.2. The summed E-state index contributed by atoms with van der Waals surface area (Å²) in [5.74, 6) is 5.39. The van der Waals surface area contributed by atoms with Gasteiger partial charge in [-0.05, 0) is 51.3 Å². The molecule has 2 heterocycles. The van der Waals surface area contributed by atoms with E-state index < -0.39 is 36.4 Å². The van der Waals surface area contributed by atoms with E-state index >= 15 is 0 Å². The first-order chi connectivity index (χ1) is 15.8. The maximum absolute atomic E-state index is 14.5. The van der Waals surface area contributed by atoms with E-state index in [-0.39, 0.29) is 17.0 Å². The van der Waals surface area contributed by atoms with Crippen molar-refractivity contribution in [2.75, 3.05) is 32.1 Å². The zero-order valence-electron chi connectivity index (χ0n) is 19.6. The first-order valence-electron chi connectivity index (χ1n) is 11.0. The van der Waals surface area contributed by atoms with Gasteiger partial charge in [-0.2, -0.15) is 13.2 Å². The van der Waals surface area contributed by atoms with Crippen molar-refractivity contribution in [1.29, 1.82) is 0 Å². The fourth-order valence-electron chi connectivity index (χ4n) is 3.74. The lowest BCUT2D eigenvalue weighted by atomic mass is 10.0. The van der Waals surface area contributed by atoms with E-state index in [2.05, 4.69) is 22.5 Å². The fourth-order valence-corrected chi connectivity index (χ4v) is 4.91. The Kier molecular flexibility index (Phi) is 7.98. The van der Waals surface area contributed by atoms with Crippen molar-refractivity contribution in [2.45, 2.75) is 57.5 Å². The molecule has 34 heavy (non-hydrogen) atoms. The Morgan fingerprint density at radius 1 is 1.29 bits per heavy atom. The van der Waals surface area contributed by atoms with Crippen LogP contribution in [-0.2, 0) is 11.2 Å². The maximum atomic E-state index is 14.5. The van der Waals surface area contributed by atoms with Crippen molar-refractivity contribution < 1.29 is 27.1 Å². The molecule has 186 valence electrons. The summed E-state index contributed by atoms with van der Waals surface area (Å²) in [6.07, 6.45) is -6.70. The van der Waals surface area contributed by atoms with Gasteiger partial charge in [0.15, 0.2) is 6.61 Å². The van der Waals surface area contributed by atoms with Crippen LogP contribution in [0.5, 0.6) is 0 Å². The number of rotatable bonds is 4. The SMILES string of the molecule is CN1CCC(Nc2cccc3c(CC(F)(F)F)c(C#CCOC(=O)NC(C)(C)C)sc23)C(F)C1. The topological polar surface area (TPSA) is 53.6 Å². The van der Waals surface area contributed by atoms with Gasteiger partial charge in [0.25, 0.3) is 0 Å². The van der Waals surface area contributed by atoms with Gasteiger partial charge in [0.1, 0.15) is 6.17 Å². The van der Waals surface area contributed by atoms with Crippen molar-refractivity contribution in [1.82, 2.24) is 10.2 Å². The average molecular weight is 500 g/mol. The van der Waals surface area contributed by atoms with Crippen LogP contribution < -0.4 is 10.6 Å². The highest BCUT2D eigenvalue weighted by molar-refractivity contribution is 7.20. The normalized spacial score (nSPS) is 19.4. The van der Waals surface area contributed by atoms with Crippen LogP contribution in [0.4, 0.5) is 28.0 Å². The Morgan fingerprint density at radius 3 is 2.68 bits per heavy atom. The fraction of sp³-hybridized carbons (Fsp3) is 0.542. The predicted molar refractivity (Wildman–Crippen MR) is 127 cm³/mol. The number of carbonyl (C=O) groups excluding carboxylic acids is 1. The lowest BCUT2D eigenvalue weighted by molar-refractivity contribution is -0.126. The summed E-state index contributed by atoms with van der Waals surface area (Å²) in [5.41, 5.74) is 0.186. The molecule has 1 fully saturated rings. The van der Waals surface area contributed by atoms with E-state index in [9.17, 15) is 22.4 Å². The zero-order chi connectivity index (χ0) is 25.1. The van der Waals surface area contributed by atoms with Gasteiger partial charge in [0.2, 0.25) is 0 Å². The van der Waals surface area contributed by atoms with E-state index in [4.69, 9.17) is 4.74 Å². The largest absolute Gasteiger partial charge is 0.436 e. The number of piperidine rings is 1. The second kappa shape index (κ2) is 10.4. The van der Waals surface area contributed by atoms with Crippen LogP contribution in [0.2, 0.25) is 0 Å². The predicted octanol–water partition coefficient (Wildman–Crippen LogP) is 5.34. The number of alkyl carbamates (subject to hydrolysis) is 1. The molecular weight excluding hydrogens is 470 g/mol. The summed E-state index contributed by atoms with van der Waals surface area (Å²) in [7, 11) is 1.85. The van der Waals surface area contributed by atoms with E-state index in [1.54, 1.807) is 39.0 Å².